The minimum absolute atomic E-state index is 0.558. The molecule has 4 rings (SSSR count). The van der Waals surface area contributed by atoms with Gasteiger partial charge in [0.15, 0.2) is 55.5 Å². The maximum atomic E-state index is 14.4. The number of amides is 6. The Morgan fingerprint density at radius 1 is 0.295 bits per heavy atom. The molecular weight excluding hydrogens is 1400 g/mol. The summed E-state index contributed by atoms with van der Waals surface area (Å²) < 4.78 is 115. The normalized spacial score (nSPS) is 28.5. The molecule has 6 N–H and O–H groups in total. The third-order valence-electron chi connectivity index (χ3n) is 14.1. The number of ether oxygens (including phenoxy) is 19. The van der Waals surface area contributed by atoms with Gasteiger partial charge in [-0.3, -0.25) is 33.6 Å². The molecule has 6 amide bonds. The molecule has 38 nitrogen and oxygen atoms in total. The second-order valence-corrected chi connectivity index (χ2v) is 31.0. The summed E-state index contributed by atoms with van der Waals surface area (Å²) in [6.07, 6.45) is -36.0. The molecule has 4 aliphatic rings. The second-order valence-electron chi connectivity index (χ2n) is 31.0. The van der Waals surface area contributed by atoms with Crippen LogP contribution in [0.1, 0.15) is 180 Å². The van der Waals surface area contributed by atoms with E-state index in [1.807, 2.05) is 0 Å². The fraction of sp³-hybridized carbons (Fsp3) is 0.806. The molecule has 3 aliphatic heterocycles. The number of hydrogen-bond donors (Lipinski definition) is 6. The van der Waals surface area contributed by atoms with Crippen LogP contribution in [0, 0.1) is 0 Å². The minimum Gasteiger partial charge on any atom is -0.463 e. The Balaban J connectivity index is 2.20. The predicted octanol–water partition coefficient (Wildman–Crippen LogP) is 4.50. The average molecular weight is 1510 g/mol. The average Bonchev–Trinajstić information content (AvgIpc) is 1.75. The van der Waals surface area contributed by atoms with Gasteiger partial charge in [0, 0.05) is 48.5 Å². The molecule has 3 saturated heterocycles. The topological polar surface area (TPSA) is 469 Å². The molecule has 1 saturated carbocycles. The van der Waals surface area contributed by atoms with Crippen LogP contribution in [-0.4, -0.2) is 248 Å². The highest BCUT2D eigenvalue weighted by molar-refractivity contribution is 5.73. The number of alkyl carbamates (subject to hydrolysis) is 6. The van der Waals surface area contributed by atoms with E-state index in [9.17, 15) is 62.3 Å². The summed E-state index contributed by atoms with van der Waals surface area (Å²) in [7, 11) is 0. The Bertz CT molecular complexity index is 3070. The molecule has 0 aromatic carbocycles. The summed E-state index contributed by atoms with van der Waals surface area (Å²) in [4.78, 5) is 177. The molecule has 0 aromatic rings. The summed E-state index contributed by atoms with van der Waals surface area (Å²) in [5.74, 6) is -7.14. The Labute approximate surface area is 609 Å². The van der Waals surface area contributed by atoms with Gasteiger partial charge in [0.25, 0.3) is 0 Å². The quantitative estimate of drug-likeness (QED) is 0.0642. The number of carbonyl (C=O) groups excluding carboxylic acids is 13. The smallest absolute Gasteiger partial charge is 0.408 e. The number of rotatable bonds is 22. The van der Waals surface area contributed by atoms with Crippen LogP contribution in [0.4, 0.5) is 28.8 Å². The summed E-state index contributed by atoms with van der Waals surface area (Å²) in [5, 5.41) is 15.5. The Morgan fingerprint density at radius 3 is 0.905 bits per heavy atom. The largest absolute Gasteiger partial charge is 0.463 e. The van der Waals surface area contributed by atoms with Gasteiger partial charge in [-0.05, 0) is 131 Å². The van der Waals surface area contributed by atoms with E-state index in [0.29, 0.717) is 0 Å². The highest BCUT2D eigenvalue weighted by Gasteiger charge is 2.61. The van der Waals surface area contributed by atoms with Crippen LogP contribution in [0.3, 0.4) is 0 Å². The van der Waals surface area contributed by atoms with Crippen molar-refractivity contribution >= 4 is 78.3 Å². The summed E-state index contributed by atoms with van der Waals surface area (Å²) in [6.45, 7) is 32.6. The predicted molar refractivity (Wildman–Crippen MR) is 356 cm³/mol. The lowest BCUT2D eigenvalue weighted by atomic mass is 9.83. The summed E-state index contributed by atoms with van der Waals surface area (Å²) in [6, 6.07) is -6.99. The monoisotopic (exact) mass is 1510 g/mol. The highest BCUT2D eigenvalue weighted by Crippen LogP contribution is 2.40. The van der Waals surface area contributed by atoms with E-state index in [1.165, 1.54) is 83.1 Å². The van der Waals surface area contributed by atoms with Gasteiger partial charge in [-0.15, -0.1) is 0 Å². The zero-order valence-corrected chi connectivity index (χ0v) is 64.4. The van der Waals surface area contributed by atoms with Crippen LogP contribution in [0.5, 0.6) is 0 Å². The van der Waals surface area contributed by atoms with E-state index in [1.54, 1.807) is 41.5 Å². The SMILES string of the molecule is CC(=O)OC[C@H]1O[C@@H](O[C@@H]2[C@@H](OC(C)=O)[C@H](NC(=O)OC(C)(C)C)C[C@H](NC(=O)OC(C)(C)C)[C@H]2O[C@H]2O[C@H](CNC(=O)OC(C)(C)C)[C@@H](OC(C)=O)[C@H](OC(C)=O)[C@H]2NC(=O)OC(C)(C)C)[C@H](OC(C)=O)[C@@H]1O[C@H]1O[C@@H](CNC(=O)OC(C)(C)C)[C@@H](OC(C)=O)[C@H](OC(C)=O)[C@H]1NC(=O)OC(C)(C)C. The summed E-state index contributed by atoms with van der Waals surface area (Å²) in [5.41, 5.74) is -7.04. The van der Waals surface area contributed by atoms with Crippen LogP contribution < -0.4 is 31.9 Å². The van der Waals surface area contributed by atoms with Crippen molar-refractivity contribution in [3.63, 3.8) is 0 Å². The van der Waals surface area contributed by atoms with Crippen molar-refractivity contribution in [1.29, 1.82) is 0 Å². The van der Waals surface area contributed by atoms with Crippen LogP contribution in [0.15, 0.2) is 0 Å². The molecule has 105 heavy (non-hydrogen) atoms. The van der Waals surface area contributed by atoms with Crippen molar-refractivity contribution in [3.05, 3.63) is 0 Å². The maximum Gasteiger partial charge on any atom is 0.408 e. The molecule has 0 aromatic heterocycles. The lowest BCUT2D eigenvalue weighted by Gasteiger charge is -2.50. The zero-order valence-electron chi connectivity index (χ0n) is 64.4. The third kappa shape index (κ3) is 31.0. The molecule has 38 heteroatoms. The second kappa shape index (κ2) is 36.8. The molecule has 0 radical (unpaired) electrons. The summed E-state index contributed by atoms with van der Waals surface area (Å²) >= 11 is 0. The van der Waals surface area contributed by atoms with Gasteiger partial charge in [0.05, 0.1) is 25.2 Å². The van der Waals surface area contributed by atoms with Crippen molar-refractivity contribution in [1.82, 2.24) is 31.9 Å². The molecule has 3 heterocycles. The molecule has 19 atom stereocenters. The van der Waals surface area contributed by atoms with Gasteiger partial charge >= 0.3 is 78.3 Å². The van der Waals surface area contributed by atoms with Gasteiger partial charge in [-0.25, -0.2) is 28.8 Å². The molecule has 0 spiro atoms. The van der Waals surface area contributed by atoms with Crippen molar-refractivity contribution in [2.45, 2.75) is 329 Å². The Hall–Kier alpha value is -8.33. The fourth-order valence-corrected chi connectivity index (χ4v) is 11.0. The van der Waals surface area contributed by atoms with E-state index < -0.39 is 254 Å². The zero-order chi connectivity index (χ0) is 80.0. The van der Waals surface area contributed by atoms with Crippen LogP contribution >= 0.6 is 0 Å². The van der Waals surface area contributed by atoms with Gasteiger partial charge in [0.1, 0.15) is 88.9 Å². The van der Waals surface area contributed by atoms with Crippen LogP contribution in [-0.2, 0) is 124 Å². The number of nitrogens with one attached hydrogen (secondary N) is 6. The van der Waals surface area contributed by atoms with E-state index >= 15 is 0 Å². The Kier molecular flexibility index (Phi) is 31.2. The number of esters is 7. The maximum absolute atomic E-state index is 14.4. The van der Waals surface area contributed by atoms with E-state index in [2.05, 4.69) is 31.9 Å². The number of carbonyl (C=O) groups is 13. The molecule has 0 bridgehead atoms. The molecule has 0 unspecified atom stereocenters. The standard InChI is InChI=1S/C67H108N6O32/c1-30(74)87-29-41-48(98-54-43(73-61(86)105-67(23,24)25)50(92-35(6)79)47(90-33(4)77)40(95-54)28-69-57(82)101-63(11,12)13)52(93-36(7)80)55(96-41)99-51-44(88-31(2)75)37(70-58(83)102-64(14,15)16)26-38(71-59(84)103-65(17,18)19)45(51)97-53-42(72-60(85)104-66(20,21)22)49(91-34(5)78)46(89-32(3)76)39(94-53)27-68-56(81)100-62(8,9)10/h37-55H,26-29H2,1-25H3,(H,68,81)(H,69,82)(H,70,83)(H,71,84)(H,72,85)(H,73,86)/t37-,38+,39-,40+,41-,42-,43-,44+,45-,46-,47-,48-,49-,50-,51-,52-,53-,54-,55+/m1/s1. The van der Waals surface area contributed by atoms with Gasteiger partial charge < -0.3 is 122 Å². The van der Waals surface area contributed by atoms with Gasteiger partial charge in [0.2, 0.25) is 0 Å². The van der Waals surface area contributed by atoms with Crippen molar-refractivity contribution < 1.29 is 152 Å². The van der Waals surface area contributed by atoms with Crippen LogP contribution in [0.2, 0.25) is 0 Å². The number of hydrogen-bond acceptors (Lipinski definition) is 32. The van der Waals surface area contributed by atoms with Gasteiger partial charge in [-0.2, -0.15) is 0 Å². The first-order valence-corrected chi connectivity index (χ1v) is 34.0. The van der Waals surface area contributed by atoms with Crippen molar-refractivity contribution in [2.24, 2.45) is 0 Å². The van der Waals surface area contributed by atoms with Crippen LogP contribution in [0.25, 0.3) is 0 Å². The first kappa shape index (κ1) is 89.1. The highest BCUT2D eigenvalue weighted by atomic mass is 16.8. The van der Waals surface area contributed by atoms with Gasteiger partial charge in [-0.1, -0.05) is 0 Å². The lowest BCUT2D eigenvalue weighted by Crippen LogP contribution is -2.71. The lowest BCUT2D eigenvalue weighted by molar-refractivity contribution is -0.313. The van der Waals surface area contributed by atoms with Crippen molar-refractivity contribution in [3.8, 4) is 0 Å². The van der Waals surface area contributed by atoms with Crippen molar-refractivity contribution in [2.75, 3.05) is 19.7 Å². The minimum atomic E-state index is -2.18. The molecule has 1 aliphatic carbocycles. The first-order chi connectivity index (χ1) is 47.9. The third-order valence-corrected chi connectivity index (χ3v) is 14.1. The molecule has 4 fully saturated rings. The van der Waals surface area contributed by atoms with E-state index in [0.717, 1.165) is 48.5 Å². The van der Waals surface area contributed by atoms with E-state index in [-0.39, 0.29) is 0 Å². The first-order valence-electron chi connectivity index (χ1n) is 34.0. The Morgan fingerprint density at radius 2 is 0.571 bits per heavy atom. The molecule has 598 valence electrons. The fourth-order valence-electron chi connectivity index (χ4n) is 11.0. The molecular formula is C67H108N6O32. The van der Waals surface area contributed by atoms with E-state index in [4.69, 9.17) is 90.0 Å².